The van der Waals surface area contributed by atoms with Gasteiger partial charge in [0.05, 0.1) is 14.2 Å². The number of halogens is 1. The molecule has 0 spiro atoms. The number of aromatic nitrogens is 3. The van der Waals surface area contributed by atoms with E-state index in [4.69, 9.17) is 16.3 Å². The van der Waals surface area contributed by atoms with E-state index in [0.29, 0.717) is 12.5 Å². The van der Waals surface area contributed by atoms with E-state index in [9.17, 15) is 4.79 Å². The Bertz CT molecular complexity index is 416. The van der Waals surface area contributed by atoms with Crippen LogP contribution in [0.5, 0.6) is 6.01 Å². The Morgan fingerprint density at radius 1 is 1.33 bits per heavy atom. The van der Waals surface area contributed by atoms with Gasteiger partial charge < -0.3 is 14.4 Å². The predicted octanol–water partition coefficient (Wildman–Crippen LogP) is 0.923. The van der Waals surface area contributed by atoms with E-state index in [2.05, 4.69) is 19.7 Å². The summed E-state index contributed by atoms with van der Waals surface area (Å²) in [5.74, 6) is -0.0851. The first kappa shape index (κ1) is 14.4. The molecule has 1 rings (SSSR count). The van der Waals surface area contributed by atoms with Crippen molar-refractivity contribution in [2.45, 2.75) is 13.3 Å². The van der Waals surface area contributed by atoms with E-state index in [1.807, 2.05) is 6.92 Å². The Kier molecular flexibility index (Phi) is 5.57. The maximum atomic E-state index is 11.3. The van der Waals surface area contributed by atoms with Gasteiger partial charge in [0.2, 0.25) is 11.2 Å². The summed E-state index contributed by atoms with van der Waals surface area (Å²) >= 11 is 5.76. The van der Waals surface area contributed by atoms with Crippen LogP contribution in [-0.2, 0) is 9.53 Å². The average Bonchev–Trinajstić information content (AvgIpc) is 2.37. The van der Waals surface area contributed by atoms with Crippen LogP contribution in [0.15, 0.2) is 0 Å². The van der Waals surface area contributed by atoms with Crippen LogP contribution in [0.2, 0.25) is 5.28 Å². The molecular formula is C10H15ClN4O3. The summed E-state index contributed by atoms with van der Waals surface area (Å²) in [6.45, 7) is 2.62. The Hall–Kier alpha value is -1.63. The molecule has 0 aliphatic heterocycles. The second kappa shape index (κ2) is 6.95. The Morgan fingerprint density at radius 3 is 2.61 bits per heavy atom. The molecule has 0 aliphatic rings. The van der Waals surface area contributed by atoms with Crippen LogP contribution in [0.25, 0.3) is 0 Å². The third kappa shape index (κ3) is 3.99. The number of hydrogen-bond donors (Lipinski definition) is 0. The van der Waals surface area contributed by atoms with Gasteiger partial charge in [-0.1, -0.05) is 6.92 Å². The summed E-state index contributed by atoms with van der Waals surface area (Å²) in [5, 5.41) is 0.0165. The Morgan fingerprint density at radius 2 is 2.06 bits per heavy atom. The summed E-state index contributed by atoms with van der Waals surface area (Å²) in [6.07, 6.45) is 0.822. The number of nitrogens with zero attached hydrogens (tertiary/aromatic N) is 4. The lowest BCUT2D eigenvalue weighted by Crippen LogP contribution is -2.32. The monoisotopic (exact) mass is 274 g/mol. The number of methoxy groups -OCH3 is 2. The molecule has 8 heteroatoms. The van der Waals surface area contributed by atoms with E-state index >= 15 is 0 Å². The highest BCUT2D eigenvalue weighted by molar-refractivity contribution is 6.28. The number of ether oxygens (including phenoxy) is 2. The number of esters is 1. The molecule has 0 saturated heterocycles. The van der Waals surface area contributed by atoms with Crippen molar-refractivity contribution in [1.82, 2.24) is 15.0 Å². The highest BCUT2D eigenvalue weighted by atomic mass is 35.5. The van der Waals surface area contributed by atoms with Crippen molar-refractivity contribution in [2.24, 2.45) is 0 Å². The van der Waals surface area contributed by atoms with Crippen molar-refractivity contribution in [3.8, 4) is 6.01 Å². The predicted molar refractivity (Wildman–Crippen MR) is 65.9 cm³/mol. The molecule has 0 atom stereocenters. The van der Waals surface area contributed by atoms with E-state index < -0.39 is 0 Å². The highest BCUT2D eigenvalue weighted by Gasteiger charge is 2.16. The molecule has 1 aromatic rings. The van der Waals surface area contributed by atoms with Gasteiger partial charge in [0, 0.05) is 6.54 Å². The van der Waals surface area contributed by atoms with Gasteiger partial charge in [-0.15, -0.1) is 0 Å². The van der Waals surface area contributed by atoms with Crippen LogP contribution in [0, 0.1) is 0 Å². The molecule has 0 aliphatic carbocycles. The highest BCUT2D eigenvalue weighted by Crippen LogP contribution is 2.15. The molecular weight excluding hydrogens is 260 g/mol. The van der Waals surface area contributed by atoms with Gasteiger partial charge in [-0.25, -0.2) is 0 Å². The first-order valence-electron chi connectivity index (χ1n) is 5.38. The van der Waals surface area contributed by atoms with Crippen molar-refractivity contribution >= 4 is 23.5 Å². The molecule has 0 radical (unpaired) electrons. The van der Waals surface area contributed by atoms with E-state index in [-0.39, 0.29) is 23.8 Å². The lowest BCUT2D eigenvalue weighted by atomic mass is 10.4. The summed E-state index contributed by atoms with van der Waals surface area (Å²) in [5.41, 5.74) is 0. The number of anilines is 1. The lowest BCUT2D eigenvalue weighted by molar-refractivity contribution is -0.139. The number of carbonyl (C=O) groups is 1. The van der Waals surface area contributed by atoms with Gasteiger partial charge in [-0.05, 0) is 18.0 Å². The Balaban J connectivity index is 2.96. The summed E-state index contributed by atoms with van der Waals surface area (Å²) in [7, 11) is 2.76. The van der Waals surface area contributed by atoms with Crippen LogP contribution in [-0.4, -0.2) is 48.2 Å². The van der Waals surface area contributed by atoms with Gasteiger partial charge in [0.1, 0.15) is 6.54 Å². The average molecular weight is 275 g/mol. The molecule has 1 aromatic heterocycles. The number of rotatable bonds is 6. The maximum absolute atomic E-state index is 11.3. The first-order chi connectivity index (χ1) is 8.60. The second-order valence-electron chi connectivity index (χ2n) is 3.39. The number of hydrogen-bond acceptors (Lipinski definition) is 7. The van der Waals surface area contributed by atoms with Gasteiger partial charge in [-0.2, -0.15) is 15.0 Å². The largest absolute Gasteiger partial charge is 0.468 e. The fraction of sp³-hybridized carbons (Fsp3) is 0.600. The van der Waals surface area contributed by atoms with Crippen LogP contribution >= 0.6 is 11.6 Å². The number of carbonyl (C=O) groups excluding carboxylic acids is 1. The van der Waals surface area contributed by atoms with E-state index in [0.717, 1.165) is 6.42 Å². The minimum atomic E-state index is -0.376. The van der Waals surface area contributed by atoms with Crippen LogP contribution in [0.4, 0.5) is 5.95 Å². The van der Waals surface area contributed by atoms with E-state index in [1.165, 1.54) is 14.2 Å². The van der Waals surface area contributed by atoms with Gasteiger partial charge in [-0.3, -0.25) is 4.79 Å². The summed E-state index contributed by atoms with van der Waals surface area (Å²) < 4.78 is 9.53. The molecule has 100 valence electrons. The first-order valence-corrected chi connectivity index (χ1v) is 5.75. The molecule has 0 fully saturated rings. The lowest BCUT2D eigenvalue weighted by Gasteiger charge is -2.20. The zero-order valence-electron chi connectivity index (χ0n) is 10.5. The molecule has 0 saturated carbocycles. The standard InChI is InChI=1S/C10H15ClN4O3/c1-4-5-15(6-7(16)17-2)9-12-8(11)13-10(14-9)18-3/h4-6H2,1-3H3. The summed E-state index contributed by atoms with van der Waals surface area (Å²) in [4.78, 5) is 24.8. The van der Waals surface area contributed by atoms with Crippen LogP contribution < -0.4 is 9.64 Å². The zero-order valence-corrected chi connectivity index (χ0v) is 11.3. The quantitative estimate of drug-likeness (QED) is 0.714. The van der Waals surface area contributed by atoms with Crippen LogP contribution in [0.3, 0.4) is 0 Å². The fourth-order valence-corrected chi connectivity index (χ4v) is 1.44. The molecule has 1 heterocycles. The molecule has 0 amide bonds. The third-order valence-electron chi connectivity index (χ3n) is 2.08. The Labute approximate surface area is 110 Å². The zero-order chi connectivity index (χ0) is 13.5. The fourth-order valence-electron chi connectivity index (χ4n) is 1.29. The SMILES string of the molecule is CCCN(CC(=O)OC)c1nc(Cl)nc(OC)n1. The summed E-state index contributed by atoms with van der Waals surface area (Å²) in [6, 6.07) is 0.107. The third-order valence-corrected chi connectivity index (χ3v) is 2.25. The van der Waals surface area contributed by atoms with Gasteiger partial charge in [0.15, 0.2) is 0 Å². The maximum Gasteiger partial charge on any atom is 0.325 e. The molecule has 0 aromatic carbocycles. The molecule has 0 N–H and O–H groups in total. The minimum absolute atomic E-state index is 0.0165. The molecule has 18 heavy (non-hydrogen) atoms. The van der Waals surface area contributed by atoms with E-state index in [1.54, 1.807) is 4.90 Å². The van der Waals surface area contributed by atoms with Gasteiger partial charge in [0.25, 0.3) is 0 Å². The van der Waals surface area contributed by atoms with Crippen LogP contribution in [0.1, 0.15) is 13.3 Å². The molecule has 0 bridgehead atoms. The van der Waals surface area contributed by atoms with Crippen molar-refractivity contribution in [3.63, 3.8) is 0 Å². The topological polar surface area (TPSA) is 77.4 Å². The van der Waals surface area contributed by atoms with Gasteiger partial charge >= 0.3 is 12.0 Å². The van der Waals surface area contributed by atoms with Crippen molar-refractivity contribution in [1.29, 1.82) is 0 Å². The van der Waals surface area contributed by atoms with Crippen molar-refractivity contribution in [3.05, 3.63) is 5.28 Å². The second-order valence-corrected chi connectivity index (χ2v) is 3.73. The van der Waals surface area contributed by atoms with Crippen molar-refractivity contribution in [2.75, 3.05) is 32.2 Å². The van der Waals surface area contributed by atoms with Crippen molar-refractivity contribution < 1.29 is 14.3 Å². The molecule has 0 unspecified atom stereocenters. The molecule has 7 nitrogen and oxygen atoms in total. The minimum Gasteiger partial charge on any atom is -0.468 e. The smallest absolute Gasteiger partial charge is 0.325 e. The normalized spacial score (nSPS) is 10.0.